The fourth-order valence-corrected chi connectivity index (χ4v) is 1.56. The first kappa shape index (κ1) is 9.39. The topological polar surface area (TPSA) is 57.7 Å². The van der Waals surface area contributed by atoms with Crippen molar-refractivity contribution in [1.82, 2.24) is 0 Å². The molecule has 5 heteroatoms. The predicted octanol–water partition coefficient (Wildman–Crippen LogP) is 0.152. The molecule has 0 saturated heterocycles. The van der Waals surface area contributed by atoms with Gasteiger partial charge in [-0.25, -0.2) is 4.90 Å². The summed E-state index contributed by atoms with van der Waals surface area (Å²) in [4.78, 5) is 35.2. The van der Waals surface area contributed by atoms with Crippen molar-refractivity contribution in [2.24, 2.45) is 0 Å². The minimum Gasteiger partial charge on any atom is -0.303 e. The number of rotatable bonds is 2. The Morgan fingerprint density at radius 1 is 1.07 bits per heavy atom. The molecule has 5 nitrogen and oxygen atoms in total. The quantitative estimate of drug-likeness (QED) is 0.644. The number of benzene rings is 1. The van der Waals surface area contributed by atoms with Crippen LogP contribution in [0.25, 0.3) is 0 Å². The Kier molecular flexibility index (Phi) is 2.21. The van der Waals surface area contributed by atoms with E-state index in [1.165, 1.54) is 4.90 Å². The summed E-state index contributed by atoms with van der Waals surface area (Å²) in [6, 6.07) is 6.76. The van der Waals surface area contributed by atoms with Crippen LogP contribution in [0.1, 0.15) is 0 Å². The summed E-state index contributed by atoms with van der Waals surface area (Å²) < 4.78 is 0. The highest BCUT2D eigenvalue weighted by atomic mass is 16.2. The maximum absolute atomic E-state index is 11.5. The summed E-state index contributed by atoms with van der Waals surface area (Å²) in [5.74, 6) is -0.407. The second-order valence-corrected chi connectivity index (χ2v) is 3.09. The van der Waals surface area contributed by atoms with E-state index in [-0.39, 0.29) is 6.54 Å². The lowest BCUT2D eigenvalue weighted by atomic mass is 10.2. The molecule has 0 fully saturated rings. The van der Waals surface area contributed by atoms with Gasteiger partial charge in [-0.2, -0.15) is 0 Å². The summed E-state index contributed by atoms with van der Waals surface area (Å²) in [7, 11) is 0. The van der Waals surface area contributed by atoms with Crippen LogP contribution < -0.4 is 9.80 Å². The molecule has 0 radical (unpaired) electrons. The van der Waals surface area contributed by atoms with E-state index in [0.29, 0.717) is 24.2 Å². The maximum Gasteiger partial charge on any atom is 0.253 e. The van der Waals surface area contributed by atoms with Crippen LogP contribution >= 0.6 is 0 Å². The Bertz CT molecular complexity index is 430. The lowest BCUT2D eigenvalue weighted by Gasteiger charge is -2.30. The van der Waals surface area contributed by atoms with Crippen LogP contribution in [-0.4, -0.2) is 25.3 Å². The summed E-state index contributed by atoms with van der Waals surface area (Å²) in [6.45, 7) is -0.0980. The van der Waals surface area contributed by atoms with Gasteiger partial charge in [0.2, 0.25) is 12.8 Å². The van der Waals surface area contributed by atoms with Crippen LogP contribution in [0.3, 0.4) is 0 Å². The van der Waals surface area contributed by atoms with Crippen molar-refractivity contribution in [2.45, 2.75) is 0 Å². The Balaban J connectivity index is 2.57. The third kappa shape index (κ3) is 1.38. The van der Waals surface area contributed by atoms with Crippen molar-refractivity contribution in [1.29, 1.82) is 0 Å². The number of amides is 3. The molecule has 1 aliphatic heterocycles. The number of nitrogens with zero attached hydrogens (tertiary/aromatic N) is 2. The average molecular weight is 204 g/mol. The summed E-state index contributed by atoms with van der Waals surface area (Å²) in [6.07, 6.45) is 1.04. The number of carbonyl (C=O) groups excluding carboxylic acids is 3. The van der Waals surface area contributed by atoms with Gasteiger partial charge in [-0.1, -0.05) is 12.1 Å². The molecule has 0 aromatic heterocycles. The molecule has 0 aliphatic carbocycles. The smallest absolute Gasteiger partial charge is 0.253 e. The highest BCUT2D eigenvalue weighted by Crippen LogP contribution is 2.31. The second-order valence-electron chi connectivity index (χ2n) is 3.09. The van der Waals surface area contributed by atoms with Crippen LogP contribution in [0.5, 0.6) is 0 Å². The number of para-hydroxylation sites is 2. The molecule has 2 rings (SSSR count). The molecule has 0 bridgehead atoms. The molecule has 0 spiro atoms. The minimum atomic E-state index is -0.407. The van der Waals surface area contributed by atoms with Crippen LogP contribution in [0, 0.1) is 0 Å². The van der Waals surface area contributed by atoms with Gasteiger partial charge in [-0.05, 0) is 12.1 Å². The first-order valence-corrected chi connectivity index (χ1v) is 4.36. The van der Waals surface area contributed by atoms with Crippen molar-refractivity contribution >= 4 is 30.1 Å². The molecule has 1 heterocycles. The standard InChI is InChI=1S/C10H8N2O3/c13-6-11-5-10(15)12(7-14)9-4-2-1-3-8(9)11/h1-4,6-7H,5H2. The number of fused-ring (bicyclic) bond motifs is 1. The lowest BCUT2D eigenvalue weighted by molar-refractivity contribution is -0.122. The number of hydrogen-bond acceptors (Lipinski definition) is 3. The van der Waals surface area contributed by atoms with Gasteiger partial charge < -0.3 is 4.90 Å². The Morgan fingerprint density at radius 3 is 2.33 bits per heavy atom. The zero-order valence-corrected chi connectivity index (χ0v) is 7.79. The number of carbonyl (C=O) groups is 3. The van der Waals surface area contributed by atoms with E-state index in [0.717, 1.165) is 4.90 Å². The molecule has 0 atom stereocenters. The normalized spacial score (nSPS) is 14.8. The van der Waals surface area contributed by atoms with Crippen LogP contribution in [0.4, 0.5) is 11.4 Å². The van der Waals surface area contributed by atoms with E-state index in [4.69, 9.17) is 0 Å². The average Bonchev–Trinajstić information content (AvgIpc) is 2.28. The van der Waals surface area contributed by atoms with Crippen molar-refractivity contribution in [3.63, 3.8) is 0 Å². The van der Waals surface area contributed by atoms with Gasteiger partial charge >= 0.3 is 0 Å². The minimum absolute atomic E-state index is 0.0980. The van der Waals surface area contributed by atoms with Gasteiger partial charge in [0.1, 0.15) is 6.54 Å². The summed E-state index contributed by atoms with van der Waals surface area (Å²) in [5.41, 5.74) is 1.01. The SMILES string of the molecule is O=CN1CC(=O)N(C=O)c2ccccc21. The molecule has 15 heavy (non-hydrogen) atoms. The van der Waals surface area contributed by atoms with E-state index in [1.807, 2.05) is 0 Å². The van der Waals surface area contributed by atoms with Gasteiger partial charge in [0.15, 0.2) is 0 Å². The highest BCUT2D eigenvalue weighted by molar-refractivity contribution is 6.15. The molecule has 0 N–H and O–H groups in total. The van der Waals surface area contributed by atoms with Crippen molar-refractivity contribution in [2.75, 3.05) is 16.3 Å². The molecule has 1 aliphatic rings. The number of hydrogen-bond donors (Lipinski definition) is 0. The highest BCUT2D eigenvalue weighted by Gasteiger charge is 2.28. The molecule has 1 aromatic rings. The van der Waals surface area contributed by atoms with Gasteiger partial charge in [0.05, 0.1) is 11.4 Å². The zero-order valence-electron chi connectivity index (χ0n) is 7.79. The van der Waals surface area contributed by atoms with Crippen LogP contribution in [0.15, 0.2) is 24.3 Å². The molecule has 0 saturated carbocycles. The van der Waals surface area contributed by atoms with E-state index in [2.05, 4.69) is 0 Å². The van der Waals surface area contributed by atoms with E-state index in [9.17, 15) is 14.4 Å². The Hall–Kier alpha value is -2.17. The summed E-state index contributed by atoms with van der Waals surface area (Å²) in [5, 5.41) is 0. The van der Waals surface area contributed by atoms with Crippen LogP contribution in [0.2, 0.25) is 0 Å². The van der Waals surface area contributed by atoms with Gasteiger partial charge in [0.25, 0.3) is 5.91 Å². The van der Waals surface area contributed by atoms with Gasteiger partial charge in [0, 0.05) is 0 Å². The first-order chi connectivity index (χ1) is 7.27. The molecular weight excluding hydrogens is 196 g/mol. The molecular formula is C10H8N2O3. The van der Waals surface area contributed by atoms with Crippen molar-refractivity contribution in [3.8, 4) is 0 Å². The second kappa shape index (κ2) is 3.53. The number of anilines is 2. The van der Waals surface area contributed by atoms with E-state index >= 15 is 0 Å². The van der Waals surface area contributed by atoms with E-state index in [1.54, 1.807) is 24.3 Å². The van der Waals surface area contributed by atoms with Crippen molar-refractivity contribution < 1.29 is 14.4 Å². The molecule has 0 unspecified atom stereocenters. The van der Waals surface area contributed by atoms with Crippen LogP contribution in [-0.2, 0) is 14.4 Å². The number of imide groups is 1. The lowest BCUT2D eigenvalue weighted by Crippen LogP contribution is -2.44. The molecule has 1 aromatic carbocycles. The third-order valence-corrected chi connectivity index (χ3v) is 2.26. The summed E-state index contributed by atoms with van der Waals surface area (Å²) >= 11 is 0. The third-order valence-electron chi connectivity index (χ3n) is 2.26. The monoisotopic (exact) mass is 204 g/mol. The largest absolute Gasteiger partial charge is 0.303 e. The van der Waals surface area contributed by atoms with E-state index < -0.39 is 5.91 Å². The Morgan fingerprint density at radius 2 is 1.73 bits per heavy atom. The van der Waals surface area contributed by atoms with Crippen molar-refractivity contribution in [3.05, 3.63) is 24.3 Å². The molecule has 76 valence electrons. The zero-order chi connectivity index (χ0) is 10.8. The Labute approximate surface area is 85.9 Å². The fraction of sp³-hybridized carbons (Fsp3) is 0.100. The molecule has 3 amide bonds. The fourth-order valence-electron chi connectivity index (χ4n) is 1.56. The maximum atomic E-state index is 11.5. The first-order valence-electron chi connectivity index (χ1n) is 4.36. The van der Waals surface area contributed by atoms with Gasteiger partial charge in [-0.15, -0.1) is 0 Å². The predicted molar refractivity (Wildman–Crippen MR) is 53.4 cm³/mol. The van der Waals surface area contributed by atoms with Gasteiger partial charge in [-0.3, -0.25) is 14.4 Å².